The molecule has 0 aliphatic rings. The third-order valence-corrected chi connectivity index (χ3v) is 2.55. The Morgan fingerprint density at radius 1 is 1.88 bits per heavy atom. The zero-order valence-corrected chi connectivity index (χ0v) is 7.14. The maximum atomic E-state index is 10.3. The van der Waals surface area contributed by atoms with E-state index in [9.17, 15) is 4.57 Å². The van der Waals surface area contributed by atoms with E-state index in [4.69, 9.17) is 4.89 Å². The van der Waals surface area contributed by atoms with Crippen molar-refractivity contribution in [2.45, 2.75) is 6.92 Å². The van der Waals surface area contributed by atoms with E-state index >= 15 is 0 Å². The number of phosphoric acid groups is 1. The second-order valence-corrected chi connectivity index (χ2v) is 3.40. The van der Waals surface area contributed by atoms with Crippen LogP contribution in [0.1, 0.15) is 6.92 Å². The standard InChI is InChI=1S/C2H7O4P.Mo/c1-2-6-7(3,4)5;/h2H2,1H3,(H2,3,4,5);/q;+1/p-1. The normalized spacial score (nSPS) is 17.8. The van der Waals surface area contributed by atoms with Crippen molar-refractivity contribution >= 4 is 7.82 Å². The Hall–Kier alpha value is 0.798. The summed E-state index contributed by atoms with van der Waals surface area (Å²) in [7, 11) is -3.67. The second-order valence-electron chi connectivity index (χ2n) is 0.961. The Kier molecular flexibility index (Phi) is 4.13. The quantitative estimate of drug-likeness (QED) is 0.560. The summed E-state index contributed by atoms with van der Waals surface area (Å²) in [4.78, 5) is 8.44. The number of hydrogen-bond donors (Lipinski definition) is 1. The first-order chi connectivity index (χ1) is 3.62. The van der Waals surface area contributed by atoms with Gasteiger partial charge in [0, 0.05) is 0 Å². The third-order valence-electron chi connectivity index (χ3n) is 0.386. The summed E-state index contributed by atoms with van der Waals surface area (Å²) in [6, 6.07) is 0. The van der Waals surface area contributed by atoms with Crippen molar-refractivity contribution in [1.82, 2.24) is 0 Å². The van der Waals surface area contributed by atoms with Gasteiger partial charge >= 0.3 is 58.7 Å². The van der Waals surface area contributed by atoms with Gasteiger partial charge in [0.1, 0.15) is 0 Å². The van der Waals surface area contributed by atoms with E-state index in [1.165, 1.54) is 0 Å². The molecule has 0 aromatic carbocycles. The molecular formula is C2H6MoO4P. The van der Waals surface area contributed by atoms with Crippen LogP contribution in [0.3, 0.4) is 0 Å². The van der Waals surface area contributed by atoms with Crippen molar-refractivity contribution in [3.05, 3.63) is 0 Å². The molecule has 0 aromatic rings. The van der Waals surface area contributed by atoms with Crippen LogP contribution in [0, 0.1) is 0 Å². The summed E-state index contributed by atoms with van der Waals surface area (Å²) in [5.74, 6) is 0. The van der Waals surface area contributed by atoms with E-state index in [-0.39, 0.29) is 6.61 Å². The van der Waals surface area contributed by atoms with E-state index in [1.54, 1.807) is 6.92 Å². The molecule has 0 aliphatic carbocycles. The van der Waals surface area contributed by atoms with Crippen LogP contribution in [-0.4, -0.2) is 11.5 Å². The predicted molar refractivity (Wildman–Crippen MR) is 22.5 cm³/mol. The molecule has 8 heavy (non-hydrogen) atoms. The molecule has 49 valence electrons. The minimum atomic E-state index is -3.67. The summed E-state index contributed by atoms with van der Waals surface area (Å²) in [6.45, 7) is 1.80. The molecule has 0 saturated heterocycles. The van der Waals surface area contributed by atoms with Crippen LogP contribution in [0.2, 0.25) is 0 Å². The van der Waals surface area contributed by atoms with Gasteiger partial charge in [0.2, 0.25) is 0 Å². The maximum absolute atomic E-state index is 10.3. The van der Waals surface area contributed by atoms with Crippen LogP contribution in [-0.2, 0) is 32.5 Å². The molecule has 4 nitrogen and oxygen atoms in total. The number of hydrogen-bond acceptors (Lipinski definition) is 3. The van der Waals surface area contributed by atoms with E-state index < -0.39 is 7.82 Å². The van der Waals surface area contributed by atoms with Crippen molar-refractivity contribution in [3.63, 3.8) is 0 Å². The molecule has 0 bridgehead atoms. The summed E-state index contributed by atoms with van der Waals surface area (Å²) in [5, 5.41) is 0. The zero-order valence-electron chi connectivity index (χ0n) is 4.23. The van der Waals surface area contributed by atoms with Crippen molar-refractivity contribution in [3.8, 4) is 0 Å². The van der Waals surface area contributed by atoms with Gasteiger partial charge in [-0.2, -0.15) is 0 Å². The first-order valence-corrected chi connectivity index (χ1v) is 4.22. The zero-order chi connectivity index (χ0) is 6.62. The molecule has 6 heteroatoms. The van der Waals surface area contributed by atoms with Gasteiger partial charge in [0.25, 0.3) is 0 Å². The molecule has 0 amide bonds. The molecule has 0 aliphatic heterocycles. The summed E-state index contributed by atoms with van der Waals surface area (Å²) in [5.41, 5.74) is 0. The first kappa shape index (κ1) is 8.80. The third kappa shape index (κ3) is 3.76. The molecule has 1 N–H and O–H groups in total. The van der Waals surface area contributed by atoms with Gasteiger partial charge in [-0.05, 0) is 0 Å². The summed E-state index contributed by atoms with van der Waals surface area (Å²) >= 11 is 1.06. The first-order valence-electron chi connectivity index (χ1n) is 1.91. The van der Waals surface area contributed by atoms with Gasteiger partial charge in [-0.3, -0.25) is 0 Å². The van der Waals surface area contributed by atoms with Crippen LogP contribution in [0.5, 0.6) is 0 Å². The molecule has 0 saturated carbocycles. The van der Waals surface area contributed by atoms with E-state index in [1.807, 2.05) is 0 Å². The molecule has 0 heterocycles. The second kappa shape index (κ2) is 3.75. The Morgan fingerprint density at radius 3 is 2.50 bits per heavy atom. The Labute approximate surface area is 59.2 Å². The van der Waals surface area contributed by atoms with Gasteiger partial charge in [0.05, 0.1) is 0 Å². The van der Waals surface area contributed by atoms with Crippen molar-refractivity contribution in [2.75, 3.05) is 6.61 Å². The molecule has 0 rings (SSSR count). The van der Waals surface area contributed by atoms with Gasteiger partial charge in [-0.15, -0.1) is 0 Å². The monoisotopic (exact) mass is 223 g/mol. The van der Waals surface area contributed by atoms with Gasteiger partial charge in [-0.1, -0.05) is 0 Å². The van der Waals surface area contributed by atoms with Crippen molar-refractivity contribution in [1.29, 1.82) is 0 Å². The topological polar surface area (TPSA) is 55.8 Å². The average molecular weight is 221 g/mol. The van der Waals surface area contributed by atoms with Gasteiger partial charge < -0.3 is 0 Å². The fourth-order valence-corrected chi connectivity index (χ4v) is 0.871. The molecule has 0 spiro atoms. The molecule has 0 fully saturated rings. The molecule has 1 atom stereocenters. The van der Waals surface area contributed by atoms with Gasteiger partial charge in [0.15, 0.2) is 0 Å². The minimum absolute atomic E-state index is 0.184. The van der Waals surface area contributed by atoms with Crippen LogP contribution in [0.25, 0.3) is 0 Å². The fourth-order valence-electron chi connectivity index (χ4n) is 0.185. The summed E-state index contributed by atoms with van der Waals surface area (Å²) < 4.78 is 18.6. The Morgan fingerprint density at radius 2 is 2.38 bits per heavy atom. The summed E-state index contributed by atoms with van der Waals surface area (Å²) in [6.07, 6.45) is 0. The molecular weight excluding hydrogens is 215 g/mol. The van der Waals surface area contributed by atoms with Crippen LogP contribution >= 0.6 is 7.82 Å². The van der Waals surface area contributed by atoms with Crippen molar-refractivity contribution in [2.24, 2.45) is 0 Å². The SMILES string of the molecule is CCOP(=O)(O)[O][Mo]. The molecule has 1 unspecified atom stereocenters. The van der Waals surface area contributed by atoms with E-state index in [0.717, 1.165) is 20.2 Å². The average Bonchev–Trinajstić information content (AvgIpc) is 1.67. The van der Waals surface area contributed by atoms with Crippen LogP contribution < -0.4 is 0 Å². The van der Waals surface area contributed by atoms with Crippen LogP contribution in [0.15, 0.2) is 0 Å². The van der Waals surface area contributed by atoms with Crippen molar-refractivity contribution < 1.29 is 37.4 Å². The number of rotatable bonds is 3. The van der Waals surface area contributed by atoms with Crippen LogP contribution in [0.4, 0.5) is 0 Å². The van der Waals surface area contributed by atoms with Gasteiger partial charge in [-0.25, -0.2) is 0 Å². The molecule has 0 aromatic heterocycles. The van der Waals surface area contributed by atoms with E-state index in [0.29, 0.717) is 0 Å². The molecule has 0 radical (unpaired) electrons. The Bertz CT molecular complexity index is 104. The number of phosphoric ester groups is 1. The Balaban J connectivity index is 3.55. The van der Waals surface area contributed by atoms with E-state index in [2.05, 4.69) is 7.70 Å². The predicted octanol–water partition coefficient (Wildman–Crippen LogP) is 0.602. The fraction of sp³-hybridized carbons (Fsp3) is 1.00.